The lowest BCUT2D eigenvalue weighted by Crippen LogP contribution is -2.44. The summed E-state index contributed by atoms with van der Waals surface area (Å²) in [4.78, 5) is 7.33. The first-order chi connectivity index (χ1) is 11.5. The molecule has 1 N–H and O–H groups in total. The zero-order chi connectivity index (χ0) is 16.8. The van der Waals surface area contributed by atoms with Crippen LogP contribution in [0.2, 0.25) is 0 Å². The first-order valence-corrected chi connectivity index (χ1v) is 8.84. The third-order valence-electron chi connectivity index (χ3n) is 4.37. The summed E-state index contributed by atoms with van der Waals surface area (Å²) >= 11 is 3.61. The van der Waals surface area contributed by atoms with Gasteiger partial charge < -0.3 is 10.2 Å². The van der Waals surface area contributed by atoms with E-state index in [2.05, 4.69) is 54.4 Å². The molecule has 0 bridgehead atoms. The topological polar surface area (TPSA) is 50.1 Å². The predicted molar refractivity (Wildman–Crippen MR) is 99.2 cm³/mol. The van der Waals surface area contributed by atoms with Gasteiger partial charge in [0.15, 0.2) is 0 Å². The number of rotatable bonds is 2. The number of anilines is 1. The number of nitrogens with zero attached hydrogens (tertiary/aromatic N) is 5. The van der Waals surface area contributed by atoms with E-state index in [1.54, 1.807) is 0 Å². The number of nitrogens with one attached hydrogen (secondary N) is 1. The average molecular weight is 388 g/mol. The minimum Gasteiger partial charge on any atom is -0.348 e. The van der Waals surface area contributed by atoms with Crippen molar-refractivity contribution in [2.75, 3.05) is 31.1 Å². The van der Waals surface area contributed by atoms with E-state index in [0.717, 1.165) is 64.3 Å². The second-order valence-electron chi connectivity index (χ2n) is 6.26. The van der Waals surface area contributed by atoms with Crippen LogP contribution in [0.25, 0.3) is 22.3 Å². The lowest BCUT2D eigenvalue weighted by Gasteiger charge is -2.27. The molecule has 124 valence electrons. The molecule has 1 aliphatic heterocycles. The minimum absolute atomic E-state index is 0.887. The van der Waals surface area contributed by atoms with Crippen molar-refractivity contribution >= 4 is 44.0 Å². The Labute approximate surface area is 148 Å². The van der Waals surface area contributed by atoms with Crippen LogP contribution in [0.4, 0.5) is 5.82 Å². The highest BCUT2D eigenvalue weighted by molar-refractivity contribution is 9.10. The Hall–Kier alpha value is -1.99. The van der Waals surface area contributed by atoms with E-state index in [1.165, 1.54) is 0 Å². The number of piperazine rings is 1. The molecule has 0 spiro atoms. The van der Waals surface area contributed by atoms with E-state index in [9.17, 15) is 0 Å². The van der Waals surface area contributed by atoms with E-state index < -0.39 is 0 Å². The van der Waals surface area contributed by atoms with E-state index in [-0.39, 0.29) is 0 Å². The molecule has 3 heterocycles. The smallest absolute Gasteiger partial charge is 0.348 e. The summed E-state index contributed by atoms with van der Waals surface area (Å²) in [6.45, 7) is 9.95. The fraction of sp³-hybridized carbons (Fsp3) is 0.353. The van der Waals surface area contributed by atoms with Gasteiger partial charge in [-0.2, -0.15) is 4.40 Å². The fourth-order valence-electron chi connectivity index (χ4n) is 3.23. The number of hydrogen-bond donors (Lipinski definition) is 1. The second kappa shape index (κ2) is 5.82. The standard InChI is InChI=1S/C17H20BrN6/c1-11(2)13-8-12(18)9-14-15(13)20-16(23-6-4-19-5-7-23)17-21-22(3)10-24(14)17/h8-10,19H,1,4-7H2,2-3H3/q+1. The van der Waals surface area contributed by atoms with Crippen molar-refractivity contribution < 1.29 is 4.40 Å². The first kappa shape index (κ1) is 15.5. The van der Waals surface area contributed by atoms with Crippen LogP contribution >= 0.6 is 15.9 Å². The minimum atomic E-state index is 0.887. The Kier molecular flexibility index (Phi) is 3.77. The number of benzene rings is 1. The van der Waals surface area contributed by atoms with Gasteiger partial charge in [0.25, 0.3) is 0 Å². The highest BCUT2D eigenvalue weighted by Crippen LogP contribution is 2.28. The van der Waals surface area contributed by atoms with Gasteiger partial charge in [0.05, 0.1) is 7.05 Å². The fourth-order valence-corrected chi connectivity index (χ4v) is 3.68. The second-order valence-corrected chi connectivity index (χ2v) is 7.17. The van der Waals surface area contributed by atoms with Gasteiger partial charge in [0.1, 0.15) is 11.0 Å². The van der Waals surface area contributed by atoms with Gasteiger partial charge in [-0.05, 0) is 24.6 Å². The maximum absolute atomic E-state index is 5.02. The van der Waals surface area contributed by atoms with Crippen LogP contribution in [0.1, 0.15) is 12.5 Å². The molecule has 0 saturated carbocycles. The first-order valence-electron chi connectivity index (χ1n) is 8.04. The number of allylic oxidation sites excluding steroid dienone is 1. The SMILES string of the molecule is C=C(C)c1cc(Br)cc2c1nc(N1CCNCC1)c1nn(C)c[n+]12. The van der Waals surface area contributed by atoms with Crippen LogP contribution < -0.4 is 14.6 Å². The van der Waals surface area contributed by atoms with E-state index in [4.69, 9.17) is 4.98 Å². The number of aromatic nitrogens is 4. The van der Waals surface area contributed by atoms with E-state index >= 15 is 0 Å². The zero-order valence-corrected chi connectivity index (χ0v) is 15.5. The summed E-state index contributed by atoms with van der Waals surface area (Å²) in [5.74, 6) is 0.939. The monoisotopic (exact) mass is 387 g/mol. The molecule has 1 aromatic carbocycles. The summed E-state index contributed by atoms with van der Waals surface area (Å²) in [5.41, 5.74) is 4.95. The highest BCUT2D eigenvalue weighted by Gasteiger charge is 2.25. The lowest BCUT2D eigenvalue weighted by atomic mass is 10.1. The molecule has 1 fully saturated rings. The molecular weight excluding hydrogens is 368 g/mol. The normalized spacial score (nSPS) is 15.4. The van der Waals surface area contributed by atoms with Gasteiger partial charge in [-0.15, -0.1) is 4.68 Å². The number of aryl methyl sites for hydroxylation is 1. The van der Waals surface area contributed by atoms with Gasteiger partial charge in [0, 0.05) is 41.3 Å². The van der Waals surface area contributed by atoms with Gasteiger partial charge in [-0.3, -0.25) is 0 Å². The Morgan fingerprint density at radius 2 is 2.08 bits per heavy atom. The van der Waals surface area contributed by atoms with Crippen LogP contribution in [-0.4, -0.2) is 40.9 Å². The average Bonchev–Trinajstić information content (AvgIpc) is 2.96. The zero-order valence-electron chi connectivity index (χ0n) is 13.9. The summed E-state index contributed by atoms with van der Waals surface area (Å²) in [6, 6.07) is 4.17. The molecular formula is C17H20BrN6+. The molecule has 6 nitrogen and oxygen atoms in total. The summed E-state index contributed by atoms with van der Waals surface area (Å²) in [5, 5.41) is 8.05. The maximum atomic E-state index is 5.02. The molecule has 0 amide bonds. The van der Waals surface area contributed by atoms with Gasteiger partial charge in [0.2, 0.25) is 12.1 Å². The maximum Gasteiger partial charge on any atom is 0.349 e. The molecule has 4 rings (SSSR count). The Balaban J connectivity index is 2.09. The lowest BCUT2D eigenvalue weighted by molar-refractivity contribution is -0.482. The Morgan fingerprint density at radius 3 is 2.79 bits per heavy atom. The molecule has 24 heavy (non-hydrogen) atoms. The molecule has 1 aliphatic rings. The quantitative estimate of drug-likeness (QED) is 0.682. The van der Waals surface area contributed by atoms with Crippen molar-refractivity contribution in [3.05, 3.63) is 35.1 Å². The summed E-state index contributed by atoms with van der Waals surface area (Å²) in [7, 11) is 1.94. The Morgan fingerprint density at radius 1 is 1.33 bits per heavy atom. The molecule has 0 radical (unpaired) electrons. The van der Waals surface area contributed by atoms with Crippen LogP contribution in [0, 0.1) is 0 Å². The highest BCUT2D eigenvalue weighted by atomic mass is 79.9. The third kappa shape index (κ3) is 2.48. The van der Waals surface area contributed by atoms with Crippen LogP contribution in [0.15, 0.2) is 29.5 Å². The summed E-state index contributed by atoms with van der Waals surface area (Å²) in [6.07, 6.45) is 2.00. The molecule has 0 aliphatic carbocycles. The van der Waals surface area contributed by atoms with Crippen LogP contribution in [-0.2, 0) is 7.05 Å². The van der Waals surface area contributed by atoms with Crippen molar-refractivity contribution in [2.24, 2.45) is 7.05 Å². The number of hydrogen-bond acceptors (Lipinski definition) is 4. The third-order valence-corrected chi connectivity index (χ3v) is 4.83. The predicted octanol–water partition coefficient (Wildman–Crippen LogP) is 1.91. The van der Waals surface area contributed by atoms with Crippen molar-refractivity contribution in [1.82, 2.24) is 20.1 Å². The molecule has 7 heteroatoms. The Bertz CT molecular complexity index is 955. The van der Waals surface area contributed by atoms with E-state index in [0.29, 0.717) is 0 Å². The van der Waals surface area contributed by atoms with Crippen molar-refractivity contribution in [3.63, 3.8) is 0 Å². The largest absolute Gasteiger partial charge is 0.349 e. The van der Waals surface area contributed by atoms with Crippen LogP contribution in [0.3, 0.4) is 0 Å². The van der Waals surface area contributed by atoms with Gasteiger partial charge in [-0.25, -0.2) is 4.98 Å². The number of fused-ring (bicyclic) bond motifs is 3. The van der Waals surface area contributed by atoms with E-state index in [1.807, 2.05) is 25.0 Å². The molecule has 0 unspecified atom stereocenters. The summed E-state index contributed by atoms with van der Waals surface area (Å²) < 4.78 is 4.97. The number of halogens is 1. The van der Waals surface area contributed by atoms with Gasteiger partial charge >= 0.3 is 5.65 Å². The molecule has 2 aromatic heterocycles. The van der Waals surface area contributed by atoms with Crippen molar-refractivity contribution in [3.8, 4) is 0 Å². The molecule has 0 atom stereocenters. The molecule has 3 aromatic rings. The van der Waals surface area contributed by atoms with Crippen molar-refractivity contribution in [2.45, 2.75) is 6.92 Å². The molecule has 1 saturated heterocycles. The van der Waals surface area contributed by atoms with Crippen molar-refractivity contribution in [1.29, 1.82) is 0 Å². The van der Waals surface area contributed by atoms with Gasteiger partial charge in [-0.1, -0.05) is 22.5 Å². The van der Waals surface area contributed by atoms with Crippen LogP contribution in [0.5, 0.6) is 0 Å².